The first-order valence-corrected chi connectivity index (χ1v) is 6.94. The minimum absolute atomic E-state index is 0.00133. The number of nitrogens with one attached hydrogen (secondary N) is 1. The SMILES string of the molecule is CC(=O)c1cc(F)ccc1Oc1ccc2c(c1)CCC(=O)N2. The van der Waals surface area contributed by atoms with Gasteiger partial charge in [-0.05, 0) is 55.3 Å². The number of carbonyl (C=O) groups is 2. The lowest BCUT2D eigenvalue weighted by molar-refractivity contribution is -0.116. The lowest BCUT2D eigenvalue weighted by atomic mass is 10.0. The Labute approximate surface area is 126 Å². The van der Waals surface area contributed by atoms with E-state index in [9.17, 15) is 14.0 Å². The van der Waals surface area contributed by atoms with Gasteiger partial charge in [0.1, 0.15) is 17.3 Å². The molecule has 0 aliphatic carbocycles. The Morgan fingerprint density at radius 2 is 2.00 bits per heavy atom. The molecule has 0 aromatic heterocycles. The van der Waals surface area contributed by atoms with E-state index in [0.717, 1.165) is 17.3 Å². The summed E-state index contributed by atoms with van der Waals surface area (Å²) in [5, 5.41) is 2.79. The molecule has 1 amide bonds. The van der Waals surface area contributed by atoms with Crippen molar-refractivity contribution in [2.24, 2.45) is 0 Å². The number of benzene rings is 2. The van der Waals surface area contributed by atoms with Crippen LogP contribution in [-0.2, 0) is 11.2 Å². The van der Waals surface area contributed by atoms with Crippen molar-refractivity contribution in [3.05, 3.63) is 53.3 Å². The number of ketones is 1. The van der Waals surface area contributed by atoms with Crippen LogP contribution in [0.4, 0.5) is 10.1 Å². The van der Waals surface area contributed by atoms with Gasteiger partial charge in [0.15, 0.2) is 5.78 Å². The molecule has 1 aliphatic heterocycles. The average Bonchev–Trinajstić information content (AvgIpc) is 2.49. The van der Waals surface area contributed by atoms with Gasteiger partial charge in [-0.1, -0.05) is 0 Å². The highest BCUT2D eigenvalue weighted by atomic mass is 19.1. The topological polar surface area (TPSA) is 55.4 Å². The zero-order valence-corrected chi connectivity index (χ0v) is 12.0. The van der Waals surface area contributed by atoms with Crippen molar-refractivity contribution in [3.8, 4) is 11.5 Å². The van der Waals surface area contributed by atoms with Crippen LogP contribution in [0, 0.1) is 5.82 Å². The second kappa shape index (κ2) is 5.60. The van der Waals surface area contributed by atoms with E-state index in [2.05, 4.69) is 5.32 Å². The van der Waals surface area contributed by atoms with Gasteiger partial charge >= 0.3 is 0 Å². The molecule has 22 heavy (non-hydrogen) atoms. The fourth-order valence-corrected chi connectivity index (χ4v) is 2.42. The zero-order valence-electron chi connectivity index (χ0n) is 12.0. The fraction of sp³-hybridized carbons (Fsp3) is 0.176. The van der Waals surface area contributed by atoms with Crippen LogP contribution < -0.4 is 10.1 Å². The summed E-state index contributed by atoms with van der Waals surface area (Å²) in [7, 11) is 0. The lowest BCUT2D eigenvalue weighted by Gasteiger charge is -2.18. The standard InChI is InChI=1S/C17H14FNO3/c1-10(20)14-9-12(18)3-6-16(14)22-13-4-5-15-11(8-13)2-7-17(21)19-15/h3-6,8-9H,2,7H2,1H3,(H,19,21). The maximum absolute atomic E-state index is 13.3. The molecule has 5 heteroatoms. The van der Waals surface area contributed by atoms with Crippen LogP contribution in [0.15, 0.2) is 36.4 Å². The zero-order chi connectivity index (χ0) is 15.7. The normalized spacial score (nSPS) is 13.3. The van der Waals surface area contributed by atoms with Gasteiger partial charge in [-0.25, -0.2) is 4.39 Å². The number of hydrogen-bond acceptors (Lipinski definition) is 3. The average molecular weight is 299 g/mol. The molecule has 0 radical (unpaired) electrons. The van der Waals surface area contributed by atoms with Gasteiger partial charge in [0.05, 0.1) is 5.56 Å². The Balaban J connectivity index is 1.91. The van der Waals surface area contributed by atoms with Crippen LogP contribution in [0.3, 0.4) is 0 Å². The van der Waals surface area contributed by atoms with Gasteiger partial charge in [0, 0.05) is 12.1 Å². The highest BCUT2D eigenvalue weighted by Gasteiger charge is 2.16. The first-order valence-electron chi connectivity index (χ1n) is 6.94. The molecule has 4 nitrogen and oxygen atoms in total. The van der Waals surface area contributed by atoms with Crippen molar-refractivity contribution in [2.45, 2.75) is 19.8 Å². The van der Waals surface area contributed by atoms with E-state index in [0.29, 0.717) is 24.3 Å². The van der Waals surface area contributed by atoms with E-state index in [1.54, 1.807) is 12.1 Å². The number of rotatable bonds is 3. The summed E-state index contributed by atoms with van der Waals surface area (Å²) in [6.45, 7) is 1.37. The number of fused-ring (bicyclic) bond motifs is 1. The predicted molar refractivity (Wildman–Crippen MR) is 79.9 cm³/mol. The highest BCUT2D eigenvalue weighted by molar-refractivity contribution is 5.97. The van der Waals surface area contributed by atoms with Gasteiger partial charge in [-0.2, -0.15) is 0 Å². The van der Waals surface area contributed by atoms with Crippen LogP contribution in [-0.4, -0.2) is 11.7 Å². The number of carbonyl (C=O) groups excluding carboxylic acids is 2. The molecule has 0 unspecified atom stereocenters. The summed E-state index contributed by atoms with van der Waals surface area (Å²) in [4.78, 5) is 22.9. The molecule has 112 valence electrons. The summed E-state index contributed by atoms with van der Waals surface area (Å²) in [5.41, 5.74) is 1.95. The number of ether oxygens (including phenoxy) is 1. The minimum atomic E-state index is -0.481. The van der Waals surface area contributed by atoms with E-state index in [4.69, 9.17) is 4.74 Å². The third-order valence-corrected chi connectivity index (χ3v) is 3.52. The number of hydrogen-bond donors (Lipinski definition) is 1. The van der Waals surface area contributed by atoms with Crippen LogP contribution in [0.25, 0.3) is 0 Å². The van der Waals surface area contributed by atoms with E-state index in [-0.39, 0.29) is 17.3 Å². The van der Waals surface area contributed by atoms with Crippen LogP contribution in [0.2, 0.25) is 0 Å². The number of aryl methyl sites for hydroxylation is 1. The first kappa shape index (κ1) is 14.3. The summed E-state index contributed by atoms with van der Waals surface area (Å²) >= 11 is 0. The quantitative estimate of drug-likeness (QED) is 0.879. The van der Waals surface area contributed by atoms with Crippen LogP contribution >= 0.6 is 0 Å². The molecular weight excluding hydrogens is 285 g/mol. The highest BCUT2D eigenvalue weighted by Crippen LogP contribution is 2.31. The van der Waals surface area contributed by atoms with Gasteiger partial charge < -0.3 is 10.1 Å². The van der Waals surface area contributed by atoms with E-state index >= 15 is 0 Å². The molecule has 0 fully saturated rings. The number of halogens is 1. The number of amides is 1. The predicted octanol–water partition coefficient (Wildman–Crippen LogP) is 3.71. The molecule has 0 spiro atoms. The smallest absolute Gasteiger partial charge is 0.224 e. The summed E-state index contributed by atoms with van der Waals surface area (Å²) in [6, 6.07) is 9.14. The molecule has 0 bridgehead atoms. The Kier molecular flexibility index (Phi) is 3.63. The maximum Gasteiger partial charge on any atom is 0.224 e. The summed E-state index contributed by atoms with van der Waals surface area (Å²) in [5.74, 6) is 0.113. The van der Waals surface area contributed by atoms with Gasteiger partial charge in [0.2, 0.25) is 5.91 Å². The Morgan fingerprint density at radius 1 is 1.18 bits per heavy atom. The molecule has 0 atom stereocenters. The molecule has 1 N–H and O–H groups in total. The summed E-state index contributed by atoms with van der Waals surface area (Å²) < 4.78 is 19.0. The van der Waals surface area contributed by atoms with Gasteiger partial charge in [0.25, 0.3) is 0 Å². The molecule has 2 aromatic carbocycles. The molecule has 1 heterocycles. The van der Waals surface area contributed by atoms with Crippen molar-refractivity contribution in [1.82, 2.24) is 0 Å². The van der Waals surface area contributed by atoms with E-state index < -0.39 is 5.82 Å². The Bertz CT molecular complexity index is 770. The fourth-order valence-electron chi connectivity index (χ4n) is 2.42. The summed E-state index contributed by atoms with van der Waals surface area (Å²) in [6.07, 6.45) is 1.08. The molecule has 0 saturated heterocycles. The lowest BCUT2D eigenvalue weighted by Crippen LogP contribution is -2.18. The molecule has 2 aromatic rings. The van der Waals surface area contributed by atoms with Crippen molar-refractivity contribution < 1.29 is 18.7 Å². The van der Waals surface area contributed by atoms with Crippen molar-refractivity contribution in [1.29, 1.82) is 0 Å². The second-order valence-corrected chi connectivity index (χ2v) is 5.17. The third kappa shape index (κ3) is 2.83. The van der Waals surface area contributed by atoms with Crippen LogP contribution in [0.5, 0.6) is 11.5 Å². The maximum atomic E-state index is 13.3. The number of anilines is 1. The largest absolute Gasteiger partial charge is 0.457 e. The Hall–Kier alpha value is -2.69. The first-order chi connectivity index (χ1) is 10.5. The van der Waals surface area contributed by atoms with E-state index in [1.807, 2.05) is 6.07 Å². The molecule has 0 saturated carbocycles. The third-order valence-electron chi connectivity index (χ3n) is 3.52. The number of Topliss-reactive ketones (excluding diaryl/α,β-unsaturated/α-hetero) is 1. The second-order valence-electron chi connectivity index (χ2n) is 5.17. The van der Waals surface area contributed by atoms with Gasteiger partial charge in [-0.15, -0.1) is 0 Å². The molecule has 3 rings (SSSR count). The molecule has 1 aliphatic rings. The van der Waals surface area contributed by atoms with Crippen molar-refractivity contribution in [2.75, 3.05) is 5.32 Å². The minimum Gasteiger partial charge on any atom is -0.457 e. The van der Waals surface area contributed by atoms with Crippen molar-refractivity contribution in [3.63, 3.8) is 0 Å². The molecular formula is C17H14FNO3. The van der Waals surface area contributed by atoms with E-state index in [1.165, 1.54) is 19.1 Å². The van der Waals surface area contributed by atoms with Crippen molar-refractivity contribution >= 4 is 17.4 Å². The monoisotopic (exact) mass is 299 g/mol. The Morgan fingerprint density at radius 3 is 2.77 bits per heavy atom. The van der Waals surface area contributed by atoms with Crippen LogP contribution in [0.1, 0.15) is 29.3 Å². The van der Waals surface area contributed by atoms with Gasteiger partial charge in [-0.3, -0.25) is 9.59 Å².